The van der Waals surface area contributed by atoms with Crippen molar-refractivity contribution in [2.24, 2.45) is 0 Å². The fraction of sp³-hybridized carbons (Fsp3) is 0.250. The zero-order chi connectivity index (χ0) is 16.1. The van der Waals surface area contributed by atoms with Crippen molar-refractivity contribution in [1.82, 2.24) is 14.9 Å². The van der Waals surface area contributed by atoms with Gasteiger partial charge in [0.1, 0.15) is 11.6 Å². The third-order valence-electron chi connectivity index (χ3n) is 3.64. The molecular formula is C16H17N5O2. The number of aromatic nitrogens is 2. The third-order valence-corrected chi connectivity index (χ3v) is 3.64. The Labute approximate surface area is 134 Å². The molecule has 0 unspecified atom stereocenters. The number of rotatable bonds is 2. The Balaban J connectivity index is 1.55. The summed E-state index contributed by atoms with van der Waals surface area (Å²) in [4.78, 5) is 36.1. The summed E-state index contributed by atoms with van der Waals surface area (Å²) in [5.41, 5.74) is 0. The first kappa shape index (κ1) is 15.0. The molecule has 0 spiro atoms. The van der Waals surface area contributed by atoms with Crippen LogP contribution in [0.4, 0.5) is 11.6 Å². The lowest BCUT2D eigenvalue weighted by Gasteiger charge is -2.34. The molecule has 0 atom stereocenters. The van der Waals surface area contributed by atoms with Gasteiger partial charge in [-0.3, -0.25) is 9.59 Å². The maximum Gasteiger partial charge on any atom is 0.315 e. The number of pyridine rings is 2. The van der Waals surface area contributed by atoms with Crippen LogP contribution in [0.15, 0.2) is 48.8 Å². The standard InChI is InChI=1S/C16H17N5O2/c22-15(19-13-5-1-3-7-17-13)16(23)21-11-9-20(10-12-21)14-6-2-4-8-18-14/h1-8H,9-12H2,(H,17,19,22). The van der Waals surface area contributed by atoms with Crippen molar-refractivity contribution in [3.8, 4) is 0 Å². The molecule has 2 aromatic heterocycles. The highest BCUT2D eigenvalue weighted by atomic mass is 16.2. The van der Waals surface area contributed by atoms with Crippen LogP contribution in [0.1, 0.15) is 0 Å². The molecule has 1 N–H and O–H groups in total. The maximum absolute atomic E-state index is 12.2. The Hall–Kier alpha value is -2.96. The van der Waals surface area contributed by atoms with Crippen molar-refractivity contribution in [2.45, 2.75) is 0 Å². The molecule has 7 heteroatoms. The number of hydrogen-bond acceptors (Lipinski definition) is 5. The maximum atomic E-state index is 12.2. The summed E-state index contributed by atoms with van der Waals surface area (Å²) < 4.78 is 0. The lowest BCUT2D eigenvalue weighted by molar-refractivity contribution is -0.143. The van der Waals surface area contributed by atoms with Gasteiger partial charge in [-0.05, 0) is 24.3 Å². The van der Waals surface area contributed by atoms with Crippen LogP contribution in [0, 0.1) is 0 Å². The molecule has 3 heterocycles. The van der Waals surface area contributed by atoms with E-state index < -0.39 is 11.8 Å². The normalized spacial score (nSPS) is 14.4. The Morgan fingerprint density at radius 2 is 1.61 bits per heavy atom. The highest BCUT2D eigenvalue weighted by molar-refractivity contribution is 6.39. The number of anilines is 2. The first-order valence-corrected chi connectivity index (χ1v) is 7.41. The van der Waals surface area contributed by atoms with E-state index in [9.17, 15) is 9.59 Å². The number of amides is 2. The molecule has 1 aliphatic heterocycles. The van der Waals surface area contributed by atoms with E-state index in [2.05, 4.69) is 20.2 Å². The van der Waals surface area contributed by atoms with Crippen LogP contribution in [-0.2, 0) is 9.59 Å². The van der Waals surface area contributed by atoms with E-state index in [1.54, 1.807) is 35.5 Å². The van der Waals surface area contributed by atoms with Crippen molar-refractivity contribution in [2.75, 3.05) is 36.4 Å². The van der Waals surface area contributed by atoms with Crippen LogP contribution >= 0.6 is 0 Å². The molecular weight excluding hydrogens is 294 g/mol. The van der Waals surface area contributed by atoms with E-state index in [0.717, 1.165) is 5.82 Å². The summed E-state index contributed by atoms with van der Waals surface area (Å²) in [5.74, 6) is 0.0711. The lowest BCUT2D eigenvalue weighted by Crippen LogP contribution is -2.51. The summed E-state index contributed by atoms with van der Waals surface area (Å²) in [6.45, 7) is 2.29. The monoisotopic (exact) mass is 311 g/mol. The van der Waals surface area contributed by atoms with E-state index in [0.29, 0.717) is 32.0 Å². The van der Waals surface area contributed by atoms with Crippen LogP contribution in [0.3, 0.4) is 0 Å². The Morgan fingerprint density at radius 1 is 0.913 bits per heavy atom. The number of hydrogen-bond donors (Lipinski definition) is 1. The molecule has 0 aromatic carbocycles. The molecule has 1 saturated heterocycles. The van der Waals surface area contributed by atoms with Gasteiger partial charge < -0.3 is 15.1 Å². The molecule has 2 aromatic rings. The van der Waals surface area contributed by atoms with Gasteiger partial charge in [0.05, 0.1) is 0 Å². The van der Waals surface area contributed by atoms with E-state index >= 15 is 0 Å². The SMILES string of the molecule is O=C(Nc1ccccn1)C(=O)N1CCN(c2ccccn2)CC1. The van der Waals surface area contributed by atoms with Crippen molar-refractivity contribution < 1.29 is 9.59 Å². The second-order valence-corrected chi connectivity index (χ2v) is 5.14. The molecule has 0 radical (unpaired) electrons. The molecule has 3 rings (SSSR count). The van der Waals surface area contributed by atoms with Crippen molar-refractivity contribution in [3.63, 3.8) is 0 Å². The first-order chi connectivity index (χ1) is 11.2. The average molecular weight is 311 g/mol. The van der Waals surface area contributed by atoms with Gasteiger partial charge in [0.15, 0.2) is 0 Å². The van der Waals surface area contributed by atoms with E-state index in [1.807, 2.05) is 18.2 Å². The fourth-order valence-electron chi connectivity index (χ4n) is 2.43. The quantitative estimate of drug-likeness (QED) is 0.829. The smallest absolute Gasteiger partial charge is 0.315 e. The van der Waals surface area contributed by atoms with E-state index in [1.165, 1.54) is 0 Å². The number of piperazine rings is 1. The third kappa shape index (κ3) is 3.63. The number of nitrogens with one attached hydrogen (secondary N) is 1. The Bertz CT molecular complexity index is 669. The molecule has 7 nitrogen and oxygen atoms in total. The molecule has 2 amide bonds. The van der Waals surface area contributed by atoms with Gasteiger partial charge in [0.2, 0.25) is 0 Å². The second kappa shape index (κ2) is 6.87. The minimum Gasteiger partial charge on any atom is -0.353 e. The molecule has 1 fully saturated rings. The second-order valence-electron chi connectivity index (χ2n) is 5.14. The van der Waals surface area contributed by atoms with Crippen molar-refractivity contribution >= 4 is 23.5 Å². The molecule has 0 bridgehead atoms. The van der Waals surface area contributed by atoms with Crippen LogP contribution in [-0.4, -0.2) is 52.9 Å². The average Bonchev–Trinajstić information content (AvgIpc) is 2.63. The molecule has 0 aliphatic carbocycles. The number of carbonyl (C=O) groups is 2. The molecule has 118 valence electrons. The molecule has 23 heavy (non-hydrogen) atoms. The minimum atomic E-state index is -0.657. The van der Waals surface area contributed by atoms with Gasteiger partial charge in [-0.2, -0.15) is 0 Å². The van der Waals surface area contributed by atoms with Crippen LogP contribution < -0.4 is 10.2 Å². The van der Waals surface area contributed by atoms with E-state index in [4.69, 9.17) is 0 Å². The lowest BCUT2D eigenvalue weighted by atomic mass is 10.3. The summed E-state index contributed by atoms with van der Waals surface area (Å²) in [5, 5.41) is 2.51. The van der Waals surface area contributed by atoms with Gasteiger partial charge >= 0.3 is 11.8 Å². The Kier molecular flexibility index (Phi) is 4.46. The largest absolute Gasteiger partial charge is 0.353 e. The highest BCUT2D eigenvalue weighted by Crippen LogP contribution is 2.12. The number of carbonyl (C=O) groups excluding carboxylic acids is 2. The van der Waals surface area contributed by atoms with Gasteiger partial charge in [-0.25, -0.2) is 9.97 Å². The van der Waals surface area contributed by atoms with Crippen LogP contribution in [0.25, 0.3) is 0 Å². The minimum absolute atomic E-state index is 0.373. The molecule has 0 saturated carbocycles. The summed E-state index contributed by atoms with van der Waals surface area (Å²) in [7, 11) is 0. The van der Waals surface area contributed by atoms with Crippen molar-refractivity contribution in [3.05, 3.63) is 48.8 Å². The van der Waals surface area contributed by atoms with E-state index in [-0.39, 0.29) is 0 Å². The predicted octanol–water partition coefficient (Wildman–Crippen LogP) is 0.764. The summed E-state index contributed by atoms with van der Waals surface area (Å²) in [6.07, 6.45) is 3.30. The highest BCUT2D eigenvalue weighted by Gasteiger charge is 2.26. The molecule has 1 aliphatic rings. The topological polar surface area (TPSA) is 78.4 Å². The van der Waals surface area contributed by atoms with Crippen LogP contribution in [0.2, 0.25) is 0 Å². The van der Waals surface area contributed by atoms with Gasteiger partial charge in [-0.15, -0.1) is 0 Å². The summed E-state index contributed by atoms with van der Waals surface area (Å²) in [6, 6.07) is 10.9. The zero-order valence-electron chi connectivity index (χ0n) is 12.6. The zero-order valence-corrected chi connectivity index (χ0v) is 12.6. The van der Waals surface area contributed by atoms with Crippen molar-refractivity contribution in [1.29, 1.82) is 0 Å². The van der Waals surface area contributed by atoms with Gasteiger partial charge in [0.25, 0.3) is 0 Å². The fourth-order valence-corrected chi connectivity index (χ4v) is 2.43. The summed E-state index contributed by atoms with van der Waals surface area (Å²) >= 11 is 0. The number of nitrogens with zero attached hydrogens (tertiary/aromatic N) is 4. The Morgan fingerprint density at radius 3 is 2.22 bits per heavy atom. The predicted molar refractivity (Wildman–Crippen MR) is 85.9 cm³/mol. The first-order valence-electron chi connectivity index (χ1n) is 7.41. The van der Waals surface area contributed by atoms with Gasteiger partial charge in [0, 0.05) is 38.6 Å². The van der Waals surface area contributed by atoms with Gasteiger partial charge in [-0.1, -0.05) is 12.1 Å². The van der Waals surface area contributed by atoms with Crippen LogP contribution in [0.5, 0.6) is 0 Å².